The van der Waals surface area contributed by atoms with Gasteiger partial charge < -0.3 is 33.3 Å². The van der Waals surface area contributed by atoms with Gasteiger partial charge in [-0.1, -0.05) is 195 Å². The van der Waals surface area contributed by atoms with Crippen LogP contribution in [0.25, 0.3) is 0 Å². The van der Waals surface area contributed by atoms with Crippen molar-refractivity contribution in [1.82, 2.24) is 4.90 Å². The SMILES string of the molecule is CCCCCCCCC(CCCCCC)C(=O)OCCCCCCCOC(=O)CCC(OC(=O)OCCN(C)C)C(=O)OCCCCCCCOC(=O)C(CCCCCC)CCCCCCCC. The zero-order valence-corrected chi connectivity index (χ0v) is 44.9. The Labute approximate surface area is 416 Å². The number of rotatable bonds is 50. The third-order valence-electron chi connectivity index (χ3n) is 12.7. The summed E-state index contributed by atoms with van der Waals surface area (Å²) >= 11 is 0. The normalized spacial score (nSPS) is 12.6. The molecule has 0 rings (SSSR count). The van der Waals surface area contributed by atoms with Crippen LogP contribution in [-0.4, -0.2) is 94.7 Å². The van der Waals surface area contributed by atoms with Gasteiger partial charge >= 0.3 is 30.0 Å². The zero-order valence-electron chi connectivity index (χ0n) is 44.9. The van der Waals surface area contributed by atoms with Gasteiger partial charge in [-0.25, -0.2) is 9.59 Å². The third-order valence-corrected chi connectivity index (χ3v) is 12.7. The number of carbonyl (C=O) groups is 5. The molecule has 400 valence electrons. The van der Waals surface area contributed by atoms with Crippen molar-refractivity contribution < 1.29 is 52.4 Å². The molecule has 3 atom stereocenters. The van der Waals surface area contributed by atoms with Crippen LogP contribution in [0.2, 0.25) is 0 Å². The lowest BCUT2D eigenvalue weighted by Gasteiger charge is -2.17. The van der Waals surface area contributed by atoms with E-state index in [9.17, 15) is 24.0 Å². The molecular weight excluding hydrogens is 863 g/mol. The first kappa shape index (κ1) is 65.1. The fourth-order valence-electron chi connectivity index (χ4n) is 8.25. The van der Waals surface area contributed by atoms with Crippen molar-refractivity contribution in [2.24, 2.45) is 11.8 Å². The molecule has 68 heavy (non-hydrogen) atoms. The molecule has 0 aliphatic rings. The Bertz CT molecular complexity index is 1200. The highest BCUT2D eigenvalue weighted by Crippen LogP contribution is 2.23. The smallest absolute Gasteiger partial charge is 0.466 e. The monoisotopic (exact) mass is 968 g/mol. The van der Waals surface area contributed by atoms with Crippen molar-refractivity contribution in [2.75, 3.05) is 53.7 Å². The van der Waals surface area contributed by atoms with Crippen LogP contribution in [0.1, 0.15) is 259 Å². The van der Waals surface area contributed by atoms with E-state index in [0.717, 1.165) is 103 Å². The van der Waals surface area contributed by atoms with Gasteiger partial charge in [0.15, 0.2) is 0 Å². The van der Waals surface area contributed by atoms with Crippen molar-refractivity contribution in [3.05, 3.63) is 0 Å². The van der Waals surface area contributed by atoms with Crippen LogP contribution < -0.4 is 0 Å². The standard InChI is InChI=1S/C56H105NO11/c1-7-11-15-19-23-31-39-49(37-29-17-13-9-3)53(59)64-45-34-26-21-25-33-44-63-52(58)42-41-51(68-56(62)67-48-43-57(5)6)55(61)66-47-36-28-22-27-35-46-65-54(60)50(38-30-18-14-10-4)40-32-24-20-16-12-8-2/h49-51H,7-48H2,1-6H3. The van der Waals surface area contributed by atoms with Crippen LogP contribution >= 0.6 is 0 Å². The van der Waals surface area contributed by atoms with Crippen LogP contribution in [0.5, 0.6) is 0 Å². The molecule has 0 bridgehead atoms. The first-order valence-electron chi connectivity index (χ1n) is 28.2. The van der Waals surface area contributed by atoms with Crippen molar-refractivity contribution in [3.8, 4) is 0 Å². The molecule has 0 fully saturated rings. The van der Waals surface area contributed by atoms with Crippen molar-refractivity contribution >= 4 is 30.0 Å². The highest BCUT2D eigenvalue weighted by Gasteiger charge is 2.27. The van der Waals surface area contributed by atoms with E-state index in [1.807, 2.05) is 19.0 Å². The van der Waals surface area contributed by atoms with Gasteiger partial charge in [-0.15, -0.1) is 0 Å². The summed E-state index contributed by atoms with van der Waals surface area (Å²) in [5, 5.41) is 0. The highest BCUT2D eigenvalue weighted by molar-refractivity contribution is 5.78. The predicted molar refractivity (Wildman–Crippen MR) is 274 cm³/mol. The number of esters is 4. The summed E-state index contributed by atoms with van der Waals surface area (Å²) in [6, 6.07) is 0. The fourth-order valence-corrected chi connectivity index (χ4v) is 8.25. The van der Waals surface area contributed by atoms with Gasteiger partial charge in [0.25, 0.3) is 0 Å². The van der Waals surface area contributed by atoms with Crippen LogP contribution in [0.3, 0.4) is 0 Å². The van der Waals surface area contributed by atoms with Gasteiger partial charge in [0.1, 0.15) is 6.61 Å². The maximum absolute atomic E-state index is 13.0. The molecule has 3 unspecified atom stereocenters. The predicted octanol–water partition coefficient (Wildman–Crippen LogP) is 14.6. The van der Waals surface area contributed by atoms with E-state index in [0.29, 0.717) is 32.6 Å². The van der Waals surface area contributed by atoms with Crippen molar-refractivity contribution in [1.29, 1.82) is 0 Å². The number of ether oxygens (including phenoxy) is 6. The Balaban J connectivity index is 4.56. The number of hydrogen-bond donors (Lipinski definition) is 0. The summed E-state index contributed by atoms with van der Waals surface area (Å²) in [6.07, 6.45) is 33.5. The molecular formula is C56H105NO11. The van der Waals surface area contributed by atoms with Crippen molar-refractivity contribution in [2.45, 2.75) is 265 Å². The first-order valence-corrected chi connectivity index (χ1v) is 28.2. The summed E-state index contributed by atoms with van der Waals surface area (Å²) in [5.41, 5.74) is 0. The van der Waals surface area contributed by atoms with E-state index < -0.39 is 24.2 Å². The number of nitrogens with zero attached hydrogens (tertiary/aromatic N) is 1. The molecule has 0 radical (unpaired) electrons. The number of hydrogen-bond acceptors (Lipinski definition) is 12. The lowest BCUT2D eigenvalue weighted by Crippen LogP contribution is -2.31. The molecule has 0 N–H and O–H groups in total. The Morgan fingerprint density at radius 1 is 0.353 bits per heavy atom. The van der Waals surface area contributed by atoms with Gasteiger partial charge in [0, 0.05) is 19.4 Å². The minimum Gasteiger partial charge on any atom is -0.466 e. The second kappa shape index (κ2) is 49.1. The van der Waals surface area contributed by atoms with Gasteiger partial charge in [0.2, 0.25) is 6.10 Å². The maximum atomic E-state index is 13.0. The second-order valence-electron chi connectivity index (χ2n) is 19.5. The molecule has 0 amide bonds. The average molecular weight is 968 g/mol. The zero-order chi connectivity index (χ0) is 50.1. The minimum atomic E-state index is -1.29. The Hall–Kier alpha value is -2.89. The Morgan fingerprint density at radius 3 is 1.06 bits per heavy atom. The third kappa shape index (κ3) is 42.0. The number of unbranched alkanes of at least 4 members (excludes halogenated alkanes) is 24. The molecule has 12 nitrogen and oxygen atoms in total. The van der Waals surface area contributed by atoms with E-state index in [1.54, 1.807) is 0 Å². The molecule has 0 heterocycles. The molecule has 12 heteroatoms. The van der Waals surface area contributed by atoms with Crippen molar-refractivity contribution in [3.63, 3.8) is 0 Å². The fraction of sp³-hybridized carbons (Fsp3) is 0.911. The van der Waals surface area contributed by atoms with E-state index in [2.05, 4.69) is 27.7 Å². The van der Waals surface area contributed by atoms with E-state index >= 15 is 0 Å². The molecule has 0 aromatic rings. The summed E-state index contributed by atoms with van der Waals surface area (Å²) in [5.74, 6) is -1.24. The summed E-state index contributed by atoms with van der Waals surface area (Å²) in [4.78, 5) is 65.8. The van der Waals surface area contributed by atoms with E-state index in [-0.39, 0.29) is 56.4 Å². The first-order chi connectivity index (χ1) is 33.1. The maximum Gasteiger partial charge on any atom is 0.509 e. The van der Waals surface area contributed by atoms with E-state index in [4.69, 9.17) is 28.4 Å². The van der Waals surface area contributed by atoms with Gasteiger partial charge in [-0.05, 0) is 65.5 Å². The second-order valence-corrected chi connectivity index (χ2v) is 19.5. The van der Waals surface area contributed by atoms with Gasteiger partial charge in [-0.3, -0.25) is 14.4 Å². The van der Waals surface area contributed by atoms with Crippen LogP contribution in [-0.2, 0) is 47.6 Å². The van der Waals surface area contributed by atoms with Crippen LogP contribution in [0.15, 0.2) is 0 Å². The highest BCUT2D eigenvalue weighted by atomic mass is 16.7. The minimum absolute atomic E-state index is 0.00562. The summed E-state index contributed by atoms with van der Waals surface area (Å²) in [6.45, 7) is 10.7. The van der Waals surface area contributed by atoms with Gasteiger partial charge in [0.05, 0.1) is 38.3 Å². The molecule has 0 saturated heterocycles. The molecule has 0 aromatic heterocycles. The topological polar surface area (TPSA) is 144 Å². The molecule has 0 saturated carbocycles. The number of carbonyl (C=O) groups excluding carboxylic acids is 5. The lowest BCUT2D eigenvalue weighted by atomic mass is 9.94. The molecule has 0 aliphatic heterocycles. The summed E-state index contributed by atoms with van der Waals surface area (Å²) in [7, 11) is 3.70. The summed E-state index contributed by atoms with van der Waals surface area (Å²) < 4.78 is 32.8. The van der Waals surface area contributed by atoms with Crippen LogP contribution in [0.4, 0.5) is 4.79 Å². The van der Waals surface area contributed by atoms with Gasteiger partial charge in [-0.2, -0.15) is 0 Å². The molecule has 0 aromatic carbocycles. The molecule has 0 spiro atoms. The Morgan fingerprint density at radius 2 is 0.676 bits per heavy atom. The largest absolute Gasteiger partial charge is 0.509 e. The lowest BCUT2D eigenvalue weighted by molar-refractivity contribution is -0.157. The molecule has 0 aliphatic carbocycles. The van der Waals surface area contributed by atoms with E-state index in [1.165, 1.54) is 103 Å². The van der Waals surface area contributed by atoms with Crippen LogP contribution in [0, 0.1) is 11.8 Å². The quantitative estimate of drug-likeness (QED) is 0.0325. The average Bonchev–Trinajstić information content (AvgIpc) is 3.32. The Kier molecular flexibility index (Phi) is 47.0. The number of likely N-dealkylation sites (N-methyl/N-ethyl adjacent to an activating group) is 1.